The average Bonchev–Trinajstić information content (AvgIpc) is 2.45. The Hall–Kier alpha value is -0.120. The fraction of sp³-hybridized carbons (Fsp3) is 1.00. The summed E-state index contributed by atoms with van der Waals surface area (Å²) in [6, 6.07) is 0.894. The predicted molar refractivity (Wildman–Crippen MR) is 78.0 cm³/mol. The monoisotopic (exact) mass is 253 g/mol. The van der Waals surface area contributed by atoms with Crippen molar-refractivity contribution in [3.63, 3.8) is 0 Å². The van der Waals surface area contributed by atoms with Crippen LogP contribution in [0.5, 0.6) is 0 Å². The molecule has 18 heavy (non-hydrogen) atoms. The minimum atomic E-state index is 0.894. The van der Waals surface area contributed by atoms with Crippen LogP contribution in [0.2, 0.25) is 0 Å². The van der Waals surface area contributed by atoms with Crippen LogP contribution in [0.25, 0.3) is 0 Å². The number of nitrogens with one attached hydrogen (secondary N) is 1. The van der Waals surface area contributed by atoms with Crippen LogP contribution in [0.1, 0.15) is 45.4 Å². The number of piperidine rings is 2. The van der Waals surface area contributed by atoms with E-state index >= 15 is 0 Å². The number of nitrogens with zero attached hydrogens (tertiary/aromatic N) is 2. The minimum Gasteiger partial charge on any atom is -0.315 e. The summed E-state index contributed by atoms with van der Waals surface area (Å²) in [6.07, 6.45) is 8.36. The van der Waals surface area contributed by atoms with Gasteiger partial charge in [-0.1, -0.05) is 13.3 Å². The van der Waals surface area contributed by atoms with Gasteiger partial charge in [0.05, 0.1) is 0 Å². The third kappa shape index (κ3) is 4.52. The summed E-state index contributed by atoms with van der Waals surface area (Å²) in [5, 5.41) is 3.50. The van der Waals surface area contributed by atoms with E-state index in [1.54, 1.807) is 0 Å². The molecular weight excluding hydrogens is 222 g/mol. The van der Waals surface area contributed by atoms with Crippen molar-refractivity contribution in [2.75, 3.05) is 45.8 Å². The van der Waals surface area contributed by atoms with Crippen LogP contribution >= 0.6 is 0 Å². The van der Waals surface area contributed by atoms with Crippen LogP contribution < -0.4 is 5.32 Å². The Kier molecular flexibility index (Phi) is 6.46. The van der Waals surface area contributed by atoms with Gasteiger partial charge in [0, 0.05) is 19.1 Å². The molecule has 1 N–H and O–H groups in total. The van der Waals surface area contributed by atoms with E-state index < -0.39 is 0 Å². The molecule has 2 fully saturated rings. The molecule has 106 valence electrons. The summed E-state index contributed by atoms with van der Waals surface area (Å²) in [6.45, 7) is 11.2. The van der Waals surface area contributed by atoms with E-state index in [0.29, 0.717) is 0 Å². The number of hydrogen-bond acceptors (Lipinski definition) is 3. The molecule has 0 aromatic rings. The highest BCUT2D eigenvalue weighted by molar-refractivity contribution is 4.81. The Labute approximate surface area is 113 Å². The lowest BCUT2D eigenvalue weighted by molar-refractivity contribution is 0.0930. The third-order valence-electron chi connectivity index (χ3n) is 4.50. The number of rotatable bonds is 6. The van der Waals surface area contributed by atoms with E-state index in [4.69, 9.17) is 0 Å². The van der Waals surface area contributed by atoms with E-state index in [0.717, 1.165) is 6.04 Å². The maximum absolute atomic E-state index is 3.50. The molecule has 3 heteroatoms. The number of hydrogen-bond donors (Lipinski definition) is 1. The minimum absolute atomic E-state index is 0.894. The van der Waals surface area contributed by atoms with Crippen molar-refractivity contribution in [2.45, 2.75) is 51.5 Å². The number of likely N-dealkylation sites (tertiary alicyclic amines) is 2. The van der Waals surface area contributed by atoms with E-state index in [9.17, 15) is 0 Å². The van der Waals surface area contributed by atoms with Crippen LogP contribution in [0.4, 0.5) is 0 Å². The fourth-order valence-electron chi connectivity index (χ4n) is 3.33. The summed E-state index contributed by atoms with van der Waals surface area (Å²) in [7, 11) is 0. The summed E-state index contributed by atoms with van der Waals surface area (Å²) in [5.74, 6) is 0. The van der Waals surface area contributed by atoms with Gasteiger partial charge in [-0.3, -0.25) is 0 Å². The van der Waals surface area contributed by atoms with Crippen molar-refractivity contribution in [2.24, 2.45) is 0 Å². The largest absolute Gasteiger partial charge is 0.315 e. The van der Waals surface area contributed by atoms with Crippen molar-refractivity contribution < 1.29 is 0 Å². The molecule has 0 aromatic carbocycles. The molecule has 0 atom stereocenters. The summed E-state index contributed by atoms with van der Waals surface area (Å²) >= 11 is 0. The molecule has 2 rings (SSSR count). The van der Waals surface area contributed by atoms with Gasteiger partial charge in [0.15, 0.2) is 0 Å². The molecule has 0 spiro atoms. The molecular formula is C15H31N3. The molecule has 0 saturated carbocycles. The van der Waals surface area contributed by atoms with Crippen molar-refractivity contribution >= 4 is 0 Å². The molecule has 0 radical (unpaired) electrons. The zero-order valence-corrected chi connectivity index (χ0v) is 12.2. The van der Waals surface area contributed by atoms with Crippen LogP contribution in [0.3, 0.4) is 0 Å². The van der Waals surface area contributed by atoms with Crippen molar-refractivity contribution in [3.8, 4) is 0 Å². The predicted octanol–water partition coefficient (Wildman–Crippen LogP) is 1.94. The van der Waals surface area contributed by atoms with Crippen LogP contribution in [-0.2, 0) is 0 Å². The van der Waals surface area contributed by atoms with E-state index in [2.05, 4.69) is 22.0 Å². The van der Waals surface area contributed by atoms with Gasteiger partial charge in [-0.25, -0.2) is 0 Å². The summed E-state index contributed by atoms with van der Waals surface area (Å²) in [5.41, 5.74) is 0. The topological polar surface area (TPSA) is 18.5 Å². The molecule has 2 heterocycles. The van der Waals surface area contributed by atoms with Gasteiger partial charge in [0.1, 0.15) is 0 Å². The third-order valence-corrected chi connectivity index (χ3v) is 4.50. The smallest absolute Gasteiger partial charge is 0.0120 e. The highest BCUT2D eigenvalue weighted by atomic mass is 15.2. The highest BCUT2D eigenvalue weighted by Crippen LogP contribution is 2.20. The molecule has 0 bridgehead atoms. The van der Waals surface area contributed by atoms with Crippen molar-refractivity contribution in [3.05, 3.63) is 0 Å². The van der Waals surface area contributed by atoms with Crippen molar-refractivity contribution in [1.29, 1.82) is 0 Å². The van der Waals surface area contributed by atoms with E-state index in [-0.39, 0.29) is 0 Å². The van der Waals surface area contributed by atoms with E-state index in [1.807, 2.05) is 0 Å². The van der Waals surface area contributed by atoms with Gasteiger partial charge < -0.3 is 15.1 Å². The molecule has 0 amide bonds. The SMILES string of the molecule is CCCNCCN1CCC(N2CCCCC2)CC1. The van der Waals surface area contributed by atoms with Gasteiger partial charge in [-0.2, -0.15) is 0 Å². The van der Waals surface area contributed by atoms with Crippen LogP contribution in [0.15, 0.2) is 0 Å². The van der Waals surface area contributed by atoms with Crippen LogP contribution in [0, 0.1) is 0 Å². The molecule has 2 aliphatic heterocycles. The molecule has 2 saturated heterocycles. The molecule has 0 aliphatic carbocycles. The van der Waals surface area contributed by atoms with Gasteiger partial charge in [-0.15, -0.1) is 0 Å². The Morgan fingerprint density at radius 3 is 2.33 bits per heavy atom. The molecule has 3 nitrogen and oxygen atoms in total. The lowest BCUT2D eigenvalue weighted by atomic mass is 10.00. The first kappa shape index (κ1) is 14.3. The van der Waals surface area contributed by atoms with E-state index in [1.165, 1.54) is 84.3 Å². The Morgan fingerprint density at radius 1 is 0.944 bits per heavy atom. The van der Waals surface area contributed by atoms with Gasteiger partial charge >= 0.3 is 0 Å². The Morgan fingerprint density at radius 2 is 1.67 bits per heavy atom. The quantitative estimate of drug-likeness (QED) is 0.730. The fourth-order valence-corrected chi connectivity index (χ4v) is 3.33. The lowest BCUT2D eigenvalue weighted by Gasteiger charge is -2.40. The lowest BCUT2D eigenvalue weighted by Crippen LogP contribution is -2.47. The van der Waals surface area contributed by atoms with Gasteiger partial charge in [0.25, 0.3) is 0 Å². The second kappa shape index (κ2) is 8.13. The second-order valence-corrected chi connectivity index (χ2v) is 5.92. The van der Waals surface area contributed by atoms with Gasteiger partial charge in [0.2, 0.25) is 0 Å². The zero-order valence-electron chi connectivity index (χ0n) is 12.2. The Bertz CT molecular complexity index is 206. The second-order valence-electron chi connectivity index (χ2n) is 5.92. The Balaban J connectivity index is 1.58. The van der Waals surface area contributed by atoms with Crippen LogP contribution in [-0.4, -0.2) is 61.7 Å². The first-order valence-corrected chi connectivity index (χ1v) is 8.07. The summed E-state index contributed by atoms with van der Waals surface area (Å²) < 4.78 is 0. The zero-order chi connectivity index (χ0) is 12.6. The standard InChI is InChI=1S/C15H31N3/c1-2-8-16-9-14-17-12-6-15(7-13-17)18-10-4-3-5-11-18/h15-16H,2-14H2,1H3. The maximum atomic E-state index is 3.50. The van der Waals surface area contributed by atoms with Crippen molar-refractivity contribution in [1.82, 2.24) is 15.1 Å². The molecule has 2 aliphatic rings. The maximum Gasteiger partial charge on any atom is 0.0120 e. The highest BCUT2D eigenvalue weighted by Gasteiger charge is 2.24. The summed E-state index contributed by atoms with van der Waals surface area (Å²) in [4.78, 5) is 5.40. The van der Waals surface area contributed by atoms with Gasteiger partial charge in [-0.05, 0) is 64.8 Å². The first-order valence-electron chi connectivity index (χ1n) is 8.07. The molecule has 0 aromatic heterocycles. The normalized spacial score (nSPS) is 24.5. The molecule has 0 unspecified atom stereocenters. The first-order chi connectivity index (χ1) is 8.90. The average molecular weight is 253 g/mol.